The van der Waals surface area contributed by atoms with E-state index in [2.05, 4.69) is 19.9 Å². The van der Waals surface area contributed by atoms with Gasteiger partial charge >= 0.3 is 0 Å². The van der Waals surface area contributed by atoms with E-state index < -0.39 is 9.84 Å². The van der Waals surface area contributed by atoms with Crippen molar-refractivity contribution in [1.82, 2.24) is 0 Å². The molecule has 3 atom stereocenters. The molecule has 3 unspecified atom stereocenters. The van der Waals surface area contributed by atoms with Crippen molar-refractivity contribution < 1.29 is 13.2 Å². The summed E-state index contributed by atoms with van der Waals surface area (Å²) in [5, 5.41) is 0. The van der Waals surface area contributed by atoms with Gasteiger partial charge in [0.1, 0.15) is 5.78 Å². The third-order valence-electron chi connectivity index (χ3n) is 6.19. The molecular weight excluding hydrogens is 332 g/mol. The number of Topliss-reactive ketones (excluding diaryl/α,β-unsaturated/α-hetero) is 1. The minimum atomic E-state index is -3.20. The average molecular weight is 361 g/mol. The van der Waals surface area contributed by atoms with Crippen LogP contribution in [0.3, 0.4) is 0 Å². The Morgan fingerprint density at radius 2 is 1.96 bits per heavy atom. The maximum atomic E-state index is 12.4. The van der Waals surface area contributed by atoms with Gasteiger partial charge in [0.05, 0.1) is 10.6 Å². The molecule has 3 nitrogen and oxygen atoms in total. The van der Waals surface area contributed by atoms with Gasteiger partial charge in [0.2, 0.25) is 0 Å². The summed E-state index contributed by atoms with van der Waals surface area (Å²) in [5.41, 5.74) is 1.40. The van der Waals surface area contributed by atoms with Crippen LogP contribution in [-0.2, 0) is 14.6 Å². The lowest BCUT2D eigenvalue weighted by Crippen LogP contribution is -2.36. The van der Waals surface area contributed by atoms with E-state index in [4.69, 9.17) is 0 Å². The molecule has 1 fully saturated rings. The van der Waals surface area contributed by atoms with Crippen molar-refractivity contribution in [1.29, 1.82) is 0 Å². The lowest BCUT2D eigenvalue weighted by atomic mass is 9.63. The molecule has 4 heteroatoms. The zero-order valence-corrected chi connectivity index (χ0v) is 16.0. The van der Waals surface area contributed by atoms with Gasteiger partial charge in [0, 0.05) is 12.3 Å². The molecule has 2 aliphatic rings. The number of hydrogen-bond donors (Lipinski definition) is 0. The average Bonchev–Trinajstić information content (AvgIpc) is 2.94. The van der Waals surface area contributed by atoms with Crippen molar-refractivity contribution in [3.8, 4) is 0 Å². The Kier molecular flexibility index (Phi) is 5.19. The van der Waals surface area contributed by atoms with Crippen molar-refractivity contribution >= 4 is 15.6 Å². The van der Waals surface area contributed by atoms with Gasteiger partial charge in [-0.25, -0.2) is 8.42 Å². The molecule has 25 heavy (non-hydrogen) atoms. The van der Waals surface area contributed by atoms with Crippen LogP contribution in [0, 0.1) is 17.3 Å². The van der Waals surface area contributed by atoms with E-state index in [-0.39, 0.29) is 17.1 Å². The second kappa shape index (κ2) is 7.06. The van der Waals surface area contributed by atoms with Crippen molar-refractivity contribution in [2.45, 2.75) is 57.3 Å². The quantitative estimate of drug-likeness (QED) is 0.698. The Morgan fingerprint density at radius 3 is 2.68 bits per heavy atom. The summed E-state index contributed by atoms with van der Waals surface area (Å²) < 4.78 is 24.8. The lowest BCUT2D eigenvalue weighted by Gasteiger charge is -2.40. The lowest BCUT2D eigenvalue weighted by molar-refractivity contribution is -0.128. The SMILES string of the molecule is CC(CCCS(=O)(=O)c1ccccc1)C1=CCC2C(=O)CCCC12C. The highest BCUT2D eigenvalue weighted by atomic mass is 32.2. The molecule has 136 valence electrons. The standard InChI is InChI=1S/C21H28O3S/c1-16(8-7-15-25(23,24)17-9-4-3-5-10-17)18-12-13-19-20(22)11-6-14-21(18,19)2/h3-5,9-10,12,16,19H,6-8,11,13-15H2,1-2H3. The van der Waals surface area contributed by atoms with Gasteiger partial charge in [-0.2, -0.15) is 0 Å². The topological polar surface area (TPSA) is 51.2 Å². The van der Waals surface area contributed by atoms with E-state index in [1.807, 2.05) is 6.07 Å². The first kappa shape index (κ1) is 18.4. The van der Waals surface area contributed by atoms with Crippen LogP contribution in [0.4, 0.5) is 0 Å². The molecule has 1 saturated carbocycles. The Bertz CT molecular complexity index is 764. The Labute approximate surface area is 151 Å². The van der Waals surface area contributed by atoms with Crippen molar-refractivity contribution in [2.75, 3.05) is 5.75 Å². The van der Waals surface area contributed by atoms with Crippen LogP contribution in [0.15, 0.2) is 46.9 Å². The molecule has 0 aliphatic heterocycles. The van der Waals surface area contributed by atoms with Crippen LogP contribution < -0.4 is 0 Å². The molecule has 0 saturated heterocycles. The van der Waals surface area contributed by atoms with Gasteiger partial charge < -0.3 is 0 Å². The highest BCUT2D eigenvalue weighted by molar-refractivity contribution is 7.91. The number of fused-ring (bicyclic) bond motifs is 1. The predicted octanol–water partition coefficient (Wildman–Crippen LogP) is 4.58. The summed E-state index contributed by atoms with van der Waals surface area (Å²) in [6.07, 6.45) is 7.45. The summed E-state index contributed by atoms with van der Waals surface area (Å²) in [6.45, 7) is 4.43. The fourth-order valence-electron chi connectivity index (χ4n) is 4.79. The number of rotatable bonds is 6. The summed E-state index contributed by atoms with van der Waals surface area (Å²) in [4.78, 5) is 12.6. The predicted molar refractivity (Wildman–Crippen MR) is 100 cm³/mol. The van der Waals surface area contributed by atoms with Gasteiger partial charge in [0.15, 0.2) is 9.84 Å². The number of allylic oxidation sites excluding steroid dienone is 2. The second-order valence-electron chi connectivity index (χ2n) is 7.86. The molecular formula is C21H28O3S. The van der Waals surface area contributed by atoms with Crippen LogP contribution in [0.5, 0.6) is 0 Å². The molecule has 0 spiro atoms. The van der Waals surface area contributed by atoms with Crippen molar-refractivity contribution in [3.05, 3.63) is 42.0 Å². The van der Waals surface area contributed by atoms with Gasteiger partial charge in [0.25, 0.3) is 0 Å². The fraction of sp³-hybridized carbons (Fsp3) is 0.571. The molecule has 1 aromatic rings. The van der Waals surface area contributed by atoms with E-state index in [1.54, 1.807) is 24.3 Å². The third-order valence-corrected chi connectivity index (χ3v) is 8.01. The van der Waals surface area contributed by atoms with E-state index in [0.717, 1.165) is 32.1 Å². The van der Waals surface area contributed by atoms with Crippen molar-refractivity contribution in [3.63, 3.8) is 0 Å². The van der Waals surface area contributed by atoms with E-state index in [0.29, 0.717) is 23.0 Å². The molecule has 3 rings (SSSR count). The largest absolute Gasteiger partial charge is 0.299 e. The van der Waals surface area contributed by atoms with E-state index >= 15 is 0 Å². The van der Waals surface area contributed by atoms with Crippen LogP contribution >= 0.6 is 0 Å². The van der Waals surface area contributed by atoms with E-state index in [9.17, 15) is 13.2 Å². The maximum Gasteiger partial charge on any atom is 0.178 e. The van der Waals surface area contributed by atoms with Crippen LogP contribution in [0.2, 0.25) is 0 Å². The van der Waals surface area contributed by atoms with Gasteiger partial charge in [-0.05, 0) is 55.6 Å². The Morgan fingerprint density at radius 1 is 1.24 bits per heavy atom. The maximum absolute atomic E-state index is 12.4. The minimum absolute atomic E-state index is 0.00700. The number of hydrogen-bond acceptors (Lipinski definition) is 3. The molecule has 0 amide bonds. The number of carbonyl (C=O) groups is 1. The molecule has 0 aromatic heterocycles. The first-order valence-electron chi connectivity index (χ1n) is 9.35. The molecule has 0 bridgehead atoms. The van der Waals surface area contributed by atoms with E-state index in [1.165, 1.54) is 5.57 Å². The number of sulfone groups is 1. The molecule has 0 N–H and O–H groups in total. The first-order chi connectivity index (χ1) is 11.8. The number of carbonyl (C=O) groups excluding carboxylic acids is 1. The monoisotopic (exact) mass is 360 g/mol. The fourth-order valence-corrected chi connectivity index (χ4v) is 6.15. The Balaban J connectivity index is 1.60. The first-order valence-corrected chi connectivity index (χ1v) is 11.0. The van der Waals surface area contributed by atoms with Crippen LogP contribution in [0.25, 0.3) is 0 Å². The third kappa shape index (κ3) is 3.59. The highest BCUT2D eigenvalue weighted by Gasteiger charge is 2.47. The van der Waals surface area contributed by atoms with Gasteiger partial charge in [-0.3, -0.25) is 4.79 Å². The van der Waals surface area contributed by atoms with Gasteiger partial charge in [-0.15, -0.1) is 0 Å². The minimum Gasteiger partial charge on any atom is -0.299 e. The van der Waals surface area contributed by atoms with Gasteiger partial charge in [-0.1, -0.05) is 43.7 Å². The second-order valence-corrected chi connectivity index (χ2v) is 9.97. The molecule has 1 aromatic carbocycles. The number of benzene rings is 1. The molecule has 0 heterocycles. The smallest absolute Gasteiger partial charge is 0.178 e. The molecule has 2 aliphatic carbocycles. The summed E-state index contributed by atoms with van der Waals surface area (Å²) >= 11 is 0. The van der Waals surface area contributed by atoms with Crippen LogP contribution in [0.1, 0.15) is 52.4 Å². The summed E-state index contributed by atoms with van der Waals surface area (Å²) in [5.74, 6) is 1.10. The summed E-state index contributed by atoms with van der Waals surface area (Å²) in [7, 11) is -3.20. The van der Waals surface area contributed by atoms with Crippen LogP contribution in [-0.4, -0.2) is 20.0 Å². The summed E-state index contributed by atoms with van der Waals surface area (Å²) in [6, 6.07) is 8.69. The zero-order valence-electron chi connectivity index (χ0n) is 15.2. The highest BCUT2D eigenvalue weighted by Crippen LogP contribution is 2.53. The van der Waals surface area contributed by atoms with Crippen molar-refractivity contribution in [2.24, 2.45) is 17.3 Å². The molecule has 0 radical (unpaired) electrons. The zero-order chi connectivity index (χ0) is 18.1. The number of ketones is 1. The Hall–Kier alpha value is -1.42. The normalized spacial score (nSPS) is 27.7.